The Morgan fingerprint density at radius 1 is 1.25 bits per heavy atom. The Kier molecular flexibility index (Phi) is 5.52. The van der Waals surface area contributed by atoms with E-state index in [9.17, 15) is 13.2 Å². The number of amides is 1. The van der Waals surface area contributed by atoms with Gasteiger partial charge < -0.3 is 5.32 Å². The van der Waals surface area contributed by atoms with E-state index in [0.29, 0.717) is 18.0 Å². The fourth-order valence-electron chi connectivity index (χ4n) is 1.39. The quantitative estimate of drug-likeness (QED) is 0.831. The molecular weight excluding hydrogens is 278 g/mol. The summed E-state index contributed by atoms with van der Waals surface area (Å²) >= 11 is 0. The Morgan fingerprint density at radius 2 is 1.85 bits per heavy atom. The van der Waals surface area contributed by atoms with Gasteiger partial charge in [0, 0.05) is 20.6 Å². The largest absolute Gasteiger partial charge is 0.352 e. The zero-order valence-corrected chi connectivity index (χ0v) is 13.0. The maximum Gasteiger partial charge on any atom is 0.301 e. The Labute approximate surface area is 120 Å². The summed E-state index contributed by atoms with van der Waals surface area (Å²) in [6.45, 7) is 4.51. The van der Waals surface area contributed by atoms with Gasteiger partial charge in [0.25, 0.3) is 5.91 Å². The molecule has 1 amide bonds. The molecular formula is C13H21N3O3S. The van der Waals surface area contributed by atoms with Crippen molar-refractivity contribution in [2.45, 2.75) is 13.8 Å². The number of nitrogens with zero attached hydrogens (tertiary/aromatic N) is 1. The fraction of sp³-hybridized carbons (Fsp3) is 0.462. The lowest BCUT2D eigenvalue weighted by atomic mass is 10.1. The van der Waals surface area contributed by atoms with Crippen LogP contribution < -0.4 is 10.0 Å². The smallest absolute Gasteiger partial charge is 0.301 e. The molecule has 0 spiro atoms. The van der Waals surface area contributed by atoms with Crippen LogP contribution in [0, 0.1) is 5.92 Å². The standard InChI is InChI=1S/C13H21N3O3S/c1-10(2)9-14-13(17)11-7-5-6-8-12(11)15-20(18,19)16(3)4/h5-8,10,15H,9H2,1-4H3,(H,14,17). The van der Waals surface area contributed by atoms with Crippen molar-refractivity contribution in [3.05, 3.63) is 29.8 Å². The van der Waals surface area contributed by atoms with E-state index >= 15 is 0 Å². The van der Waals surface area contributed by atoms with Crippen molar-refractivity contribution in [1.82, 2.24) is 9.62 Å². The van der Waals surface area contributed by atoms with Gasteiger partial charge in [-0.25, -0.2) is 0 Å². The van der Waals surface area contributed by atoms with Gasteiger partial charge in [0.2, 0.25) is 0 Å². The van der Waals surface area contributed by atoms with Crippen molar-refractivity contribution in [1.29, 1.82) is 0 Å². The molecule has 0 bridgehead atoms. The number of rotatable bonds is 6. The molecule has 0 aliphatic carbocycles. The molecule has 20 heavy (non-hydrogen) atoms. The van der Waals surface area contributed by atoms with E-state index in [1.165, 1.54) is 14.1 Å². The number of carbonyl (C=O) groups excluding carboxylic acids is 1. The lowest BCUT2D eigenvalue weighted by Crippen LogP contribution is -2.31. The average Bonchev–Trinajstić information content (AvgIpc) is 2.36. The molecule has 2 N–H and O–H groups in total. The van der Waals surface area contributed by atoms with Crippen LogP contribution in [-0.4, -0.2) is 39.3 Å². The van der Waals surface area contributed by atoms with Gasteiger partial charge in [-0.1, -0.05) is 26.0 Å². The minimum atomic E-state index is -3.64. The first-order valence-electron chi connectivity index (χ1n) is 6.31. The van der Waals surface area contributed by atoms with E-state index in [-0.39, 0.29) is 11.6 Å². The van der Waals surface area contributed by atoms with Crippen LogP contribution in [0.15, 0.2) is 24.3 Å². The van der Waals surface area contributed by atoms with Crippen molar-refractivity contribution < 1.29 is 13.2 Å². The summed E-state index contributed by atoms with van der Waals surface area (Å²) in [7, 11) is -0.794. The number of nitrogens with one attached hydrogen (secondary N) is 2. The molecule has 0 saturated carbocycles. The number of benzene rings is 1. The lowest BCUT2D eigenvalue weighted by Gasteiger charge is -2.16. The van der Waals surface area contributed by atoms with Crippen molar-refractivity contribution in [3.63, 3.8) is 0 Å². The second kappa shape index (κ2) is 6.71. The second-order valence-corrected chi connectivity index (χ2v) is 6.92. The zero-order valence-electron chi connectivity index (χ0n) is 12.2. The van der Waals surface area contributed by atoms with Crippen molar-refractivity contribution in [2.75, 3.05) is 25.4 Å². The highest BCUT2D eigenvalue weighted by molar-refractivity contribution is 7.90. The van der Waals surface area contributed by atoms with Gasteiger partial charge >= 0.3 is 10.2 Å². The third-order valence-electron chi connectivity index (χ3n) is 2.56. The van der Waals surface area contributed by atoms with Crippen LogP contribution in [0.4, 0.5) is 5.69 Å². The normalized spacial score (nSPS) is 11.7. The van der Waals surface area contributed by atoms with Crippen LogP contribution in [0.2, 0.25) is 0 Å². The Bertz CT molecular complexity index is 568. The molecule has 1 rings (SSSR count). The van der Waals surface area contributed by atoms with Gasteiger partial charge in [-0.15, -0.1) is 0 Å². The molecule has 0 aromatic heterocycles. The van der Waals surface area contributed by atoms with Gasteiger partial charge in [-0.05, 0) is 18.1 Å². The molecule has 0 heterocycles. The highest BCUT2D eigenvalue weighted by Gasteiger charge is 2.18. The van der Waals surface area contributed by atoms with E-state index in [2.05, 4.69) is 10.0 Å². The zero-order chi connectivity index (χ0) is 15.3. The summed E-state index contributed by atoms with van der Waals surface area (Å²) < 4.78 is 27.1. The highest BCUT2D eigenvalue weighted by atomic mass is 32.2. The molecule has 0 aliphatic heterocycles. The topological polar surface area (TPSA) is 78.5 Å². The SMILES string of the molecule is CC(C)CNC(=O)c1ccccc1NS(=O)(=O)N(C)C. The van der Waals surface area contributed by atoms with Crippen molar-refractivity contribution in [2.24, 2.45) is 5.92 Å². The first-order valence-corrected chi connectivity index (χ1v) is 7.75. The van der Waals surface area contributed by atoms with Crippen molar-refractivity contribution in [3.8, 4) is 0 Å². The van der Waals surface area contributed by atoms with E-state index in [4.69, 9.17) is 0 Å². The molecule has 0 radical (unpaired) electrons. The Balaban J connectivity index is 2.97. The third-order valence-corrected chi connectivity index (χ3v) is 4.00. The van der Waals surface area contributed by atoms with Crippen molar-refractivity contribution >= 4 is 21.8 Å². The molecule has 0 saturated heterocycles. The third kappa shape index (κ3) is 4.50. The van der Waals surface area contributed by atoms with Gasteiger partial charge in [0.05, 0.1) is 11.3 Å². The summed E-state index contributed by atoms with van der Waals surface area (Å²) in [5.74, 6) is 0.0281. The first-order chi connectivity index (χ1) is 9.24. The average molecular weight is 299 g/mol. The van der Waals surface area contributed by atoms with E-state index in [1.807, 2.05) is 13.8 Å². The number of anilines is 1. The van der Waals surface area contributed by atoms with Crippen LogP contribution in [-0.2, 0) is 10.2 Å². The van der Waals surface area contributed by atoms with Crippen LogP contribution >= 0.6 is 0 Å². The molecule has 0 atom stereocenters. The molecule has 0 fully saturated rings. The van der Waals surface area contributed by atoms with Gasteiger partial charge in [0.15, 0.2) is 0 Å². The Hall–Kier alpha value is -1.60. The summed E-state index contributed by atoms with van der Waals surface area (Å²) in [6.07, 6.45) is 0. The highest BCUT2D eigenvalue weighted by Crippen LogP contribution is 2.17. The maximum absolute atomic E-state index is 12.1. The van der Waals surface area contributed by atoms with Crippen LogP contribution in [0.5, 0.6) is 0 Å². The van der Waals surface area contributed by atoms with E-state index in [0.717, 1.165) is 4.31 Å². The monoisotopic (exact) mass is 299 g/mol. The number of hydrogen-bond acceptors (Lipinski definition) is 3. The molecule has 0 aliphatic rings. The maximum atomic E-state index is 12.1. The summed E-state index contributed by atoms with van der Waals surface area (Å²) in [5, 5.41) is 2.77. The molecule has 1 aromatic rings. The summed E-state index contributed by atoms with van der Waals surface area (Å²) in [4.78, 5) is 12.1. The number of carbonyl (C=O) groups is 1. The molecule has 112 valence electrons. The fourth-order valence-corrected chi connectivity index (χ4v) is 2.03. The molecule has 1 aromatic carbocycles. The number of para-hydroxylation sites is 1. The van der Waals surface area contributed by atoms with Gasteiger partial charge in [-0.3, -0.25) is 9.52 Å². The summed E-state index contributed by atoms with van der Waals surface area (Å²) in [6, 6.07) is 6.51. The van der Waals surface area contributed by atoms with Crippen LogP contribution in [0.3, 0.4) is 0 Å². The Morgan fingerprint density at radius 3 is 2.40 bits per heavy atom. The predicted molar refractivity (Wildman–Crippen MR) is 79.8 cm³/mol. The predicted octanol–water partition coefficient (Wildman–Crippen LogP) is 1.29. The first kappa shape index (κ1) is 16.5. The van der Waals surface area contributed by atoms with Crippen LogP contribution in [0.1, 0.15) is 24.2 Å². The van der Waals surface area contributed by atoms with Crippen LogP contribution in [0.25, 0.3) is 0 Å². The molecule has 6 nitrogen and oxygen atoms in total. The summed E-state index contributed by atoms with van der Waals surface area (Å²) in [5.41, 5.74) is 0.570. The molecule has 0 unspecified atom stereocenters. The minimum absolute atomic E-state index is 0.266. The number of hydrogen-bond donors (Lipinski definition) is 2. The second-order valence-electron chi connectivity index (χ2n) is 5.04. The molecule has 7 heteroatoms. The lowest BCUT2D eigenvalue weighted by molar-refractivity contribution is 0.0950. The van der Waals surface area contributed by atoms with Gasteiger partial charge in [0.1, 0.15) is 0 Å². The minimum Gasteiger partial charge on any atom is -0.352 e. The van der Waals surface area contributed by atoms with E-state index < -0.39 is 10.2 Å². The van der Waals surface area contributed by atoms with Gasteiger partial charge in [-0.2, -0.15) is 12.7 Å². The van der Waals surface area contributed by atoms with E-state index in [1.54, 1.807) is 24.3 Å².